The van der Waals surface area contributed by atoms with Gasteiger partial charge >= 0.3 is 6.18 Å². The summed E-state index contributed by atoms with van der Waals surface area (Å²) in [5, 5.41) is 2.22. The molecule has 0 rings (SSSR count). The average Bonchev–Trinajstić information content (AvgIpc) is 2.27. The highest BCUT2D eigenvalue weighted by atomic mass is 19.4. The molecule has 0 saturated heterocycles. The van der Waals surface area contributed by atoms with Crippen LogP contribution < -0.4 is 11.1 Å². The Labute approximate surface area is 106 Å². The Bertz CT molecular complexity index is 263. The molecule has 0 bridgehead atoms. The molecule has 0 fully saturated rings. The predicted octanol–water partition coefficient (Wildman–Crippen LogP) is 1.11. The maximum absolute atomic E-state index is 12.4. The number of halogens is 3. The van der Waals surface area contributed by atoms with E-state index in [0.717, 1.165) is 19.6 Å². The fourth-order valence-electron chi connectivity index (χ4n) is 1.36. The molecule has 0 aliphatic carbocycles. The molecular weight excluding hydrogens is 247 g/mol. The quantitative estimate of drug-likeness (QED) is 0.681. The Morgan fingerprint density at radius 3 is 2.17 bits per heavy atom. The molecule has 3 N–H and O–H groups in total. The minimum Gasteiger partial charge on any atom is -0.354 e. The minimum atomic E-state index is -4.74. The van der Waals surface area contributed by atoms with Gasteiger partial charge < -0.3 is 16.0 Å². The molecule has 0 aromatic rings. The van der Waals surface area contributed by atoms with E-state index in [-0.39, 0.29) is 6.54 Å². The molecule has 4 nitrogen and oxygen atoms in total. The second-order valence-electron chi connectivity index (χ2n) is 4.34. The lowest BCUT2D eigenvalue weighted by Gasteiger charge is -2.26. The first-order chi connectivity index (χ1) is 8.16. The highest BCUT2D eigenvalue weighted by Gasteiger charge is 2.53. The van der Waals surface area contributed by atoms with Crippen molar-refractivity contribution in [1.82, 2.24) is 10.2 Å². The van der Waals surface area contributed by atoms with Crippen molar-refractivity contribution >= 4 is 5.91 Å². The summed E-state index contributed by atoms with van der Waals surface area (Å²) in [6.07, 6.45) is -4.14. The molecule has 1 unspecified atom stereocenters. The lowest BCUT2D eigenvalue weighted by molar-refractivity contribution is -0.187. The van der Waals surface area contributed by atoms with Crippen molar-refractivity contribution in [3.8, 4) is 0 Å². The van der Waals surface area contributed by atoms with Crippen LogP contribution in [0.1, 0.15) is 27.2 Å². The molecule has 0 aromatic carbocycles. The summed E-state index contributed by atoms with van der Waals surface area (Å²) in [6, 6.07) is 0. The van der Waals surface area contributed by atoms with E-state index in [1.165, 1.54) is 0 Å². The fourth-order valence-corrected chi connectivity index (χ4v) is 1.36. The van der Waals surface area contributed by atoms with Gasteiger partial charge in [-0.25, -0.2) is 0 Å². The Morgan fingerprint density at radius 2 is 1.78 bits per heavy atom. The second-order valence-corrected chi connectivity index (χ2v) is 4.34. The van der Waals surface area contributed by atoms with Crippen molar-refractivity contribution in [1.29, 1.82) is 0 Å². The normalized spacial score (nSPS) is 15.6. The fraction of sp³-hybridized carbons (Fsp3) is 0.909. The minimum absolute atomic E-state index is 0.193. The van der Waals surface area contributed by atoms with Crippen LogP contribution in [-0.4, -0.2) is 48.7 Å². The molecular formula is C11H22F3N3O. The van der Waals surface area contributed by atoms with Gasteiger partial charge in [0.15, 0.2) is 5.54 Å². The summed E-state index contributed by atoms with van der Waals surface area (Å²) in [5.74, 6) is -1.19. The number of nitrogens with two attached hydrogens (primary N) is 1. The smallest absolute Gasteiger partial charge is 0.354 e. The van der Waals surface area contributed by atoms with Gasteiger partial charge in [0.05, 0.1) is 0 Å². The molecule has 7 heteroatoms. The van der Waals surface area contributed by atoms with Gasteiger partial charge in [0.1, 0.15) is 0 Å². The lowest BCUT2D eigenvalue weighted by atomic mass is 10.0. The summed E-state index contributed by atoms with van der Waals surface area (Å²) >= 11 is 0. The lowest BCUT2D eigenvalue weighted by Crippen LogP contribution is -2.61. The SMILES string of the molecule is CCN(CC)CCCNC(=O)C(C)(N)C(F)(F)F. The summed E-state index contributed by atoms with van der Waals surface area (Å²) in [5.41, 5.74) is 2.15. The number of carbonyl (C=O) groups is 1. The van der Waals surface area contributed by atoms with Crippen molar-refractivity contribution in [2.24, 2.45) is 5.73 Å². The molecule has 18 heavy (non-hydrogen) atoms. The van der Waals surface area contributed by atoms with Crippen LogP contribution in [-0.2, 0) is 4.79 Å². The third-order valence-corrected chi connectivity index (χ3v) is 2.89. The zero-order chi connectivity index (χ0) is 14.4. The Balaban J connectivity index is 4.05. The van der Waals surface area contributed by atoms with Gasteiger partial charge in [-0.2, -0.15) is 13.2 Å². The summed E-state index contributed by atoms with van der Waals surface area (Å²) in [6.45, 7) is 7.36. The third-order valence-electron chi connectivity index (χ3n) is 2.89. The summed E-state index contributed by atoms with van der Waals surface area (Å²) in [7, 11) is 0. The van der Waals surface area contributed by atoms with Gasteiger partial charge in [-0.3, -0.25) is 4.79 Å². The third kappa shape index (κ3) is 4.81. The van der Waals surface area contributed by atoms with Gasteiger partial charge in [0.2, 0.25) is 5.91 Å². The molecule has 1 atom stereocenters. The van der Waals surface area contributed by atoms with Crippen LogP contribution in [0, 0.1) is 0 Å². The van der Waals surface area contributed by atoms with Crippen molar-refractivity contribution in [2.75, 3.05) is 26.2 Å². The second kappa shape index (κ2) is 6.94. The van der Waals surface area contributed by atoms with Crippen molar-refractivity contribution in [3.63, 3.8) is 0 Å². The number of nitrogens with zero attached hydrogens (tertiary/aromatic N) is 1. The largest absolute Gasteiger partial charge is 0.415 e. The van der Waals surface area contributed by atoms with Crippen molar-refractivity contribution < 1.29 is 18.0 Å². The van der Waals surface area contributed by atoms with E-state index in [0.29, 0.717) is 13.3 Å². The molecule has 0 spiro atoms. The van der Waals surface area contributed by atoms with Crippen LogP contribution in [0.25, 0.3) is 0 Å². The first-order valence-electron chi connectivity index (χ1n) is 6.03. The number of hydrogen-bond donors (Lipinski definition) is 2. The Hall–Kier alpha value is -0.820. The summed E-state index contributed by atoms with van der Waals surface area (Å²) in [4.78, 5) is 13.4. The zero-order valence-electron chi connectivity index (χ0n) is 11.1. The number of rotatable bonds is 7. The number of carbonyl (C=O) groups excluding carboxylic acids is 1. The highest BCUT2D eigenvalue weighted by molar-refractivity contribution is 5.86. The maximum atomic E-state index is 12.4. The molecule has 0 aliphatic rings. The molecule has 0 saturated carbocycles. The number of hydrogen-bond acceptors (Lipinski definition) is 3. The van der Waals surface area contributed by atoms with Gasteiger partial charge in [-0.15, -0.1) is 0 Å². The average molecular weight is 269 g/mol. The topological polar surface area (TPSA) is 58.4 Å². The van der Waals surface area contributed by atoms with Crippen molar-refractivity contribution in [2.45, 2.75) is 38.9 Å². The Morgan fingerprint density at radius 1 is 1.28 bits per heavy atom. The highest BCUT2D eigenvalue weighted by Crippen LogP contribution is 2.27. The van der Waals surface area contributed by atoms with Crippen LogP contribution in [0.5, 0.6) is 0 Å². The molecule has 0 radical (unpaired) electrons. The monoisotopic (exact) mass is 269 g/mol. The van der Waals surface area contributed by atoms with Crippen molar-refractivity contribution in [3.05, 3.63) is 0 Å². The van der Waals surface area contributed by atoms with Crippen LogP contribution in [0.2, 0.25) is 0 Å². The van der Waals surface area contributed by atoms with Gasteiger partial charge in [-0.1, -0.05) is 13.8 Å². The zero-order valence-corrected chi connectivity index (χ0v) is 11.1. The van der Waals surface area contributed by atoms with E-state index in [1.54, 1.807) is 0 Å². The van der Waals surface area contributed by atoms with E-state index < -0.39 is 17.6 Å². The van der Waals surface area contributed by atoms with Crippen LogP contribution in [0.15, 0.2) is 0 Å². The van der Waals surface area contributed by atoms with E-state index in [4.69, 9.17) is 5.73 Å². The molecule has 108 valence electrons. The number of amides is 1. The van der Waals surface area contributed by atoms with Gasteiger partial charge in [0, 0.05) is 6.54 Å². The van der Waals surface area contributed by atoms with E-state index >= 15 is 0 Å². The van der Waals surface area contributed by atoms with Gasteiger partial charge in [-0.05, 0) is 33.0 Å². The number of nitrogens with one attached hydrogen (secondary N) is 1. The first kappa shape index (κ1) is 17.2. The standard InChI is InChI=1S/C11H22F3N3O/c1-4-17(5-2)8-6-7-16-9(18)10(3,15)11(12,13)14/h4-8,15H2,1-3H3,(H,16,18). The number of alkyl halides is 3. The maximum Gasteiger partial charge on any atom is 0.415 e. The van der Waals surface area contributed by atoms with Gasteiger partial charge in [0.25, 0.3) is 0 Å². The van der Waals surface area contributed by atoms with Crippen LogP contribution >= 0.6 is 0 Å². The molecule has 0 heterocycles. The van der Waals surface area contributed by atoms with E-state index in [1.807, 2.05) is 13.8 Å². The molecule has 1 amide bonds. The first-order valence-corrected chi connectivity index (χ1v) is 6.03. The predicted molar refractivity (Wildman–Crippen MR) is 64.1 cm³/mol. The van der Waals surface area contributed by atoms with Crippen LogP contribution in [0.3, 0.4) is 0 Å². The Kier molecular flexibility index (Phi) is 6.62. The van der Waals surface area contributed by atoms with E-state index in [2.05, 4.69) is 10.2 Å². The van der Waals surface area contributed by atoms with E-state index in [9.17, 15) is 18.0 Å². The summed E-state index contributed by atoms with van der Waals surface area (Å²) < 4.78 is 37.3. The molecule has 0 aliphatic heterocycles. The molecule has 0 aromatic heterocycles. The van der Waals surface area contributed by atoms with Crippen LogP contribution in [0.4, 0.5) is 13.2 Å².